The number of rotatable bonds is 9. The van der Waals surface area contributed by atoms with Crippen molar-refractivity contribution in [2.24, 2.45) is 5.92 Å². The van der Waals surface area contributed by atoms with Crippen LogP contribution < -0.4 is 10.1 Å². The Balaban J connectivity index is 1.15. The van der Waals surface area contributed by atoms with E-state index in [1.807, 2.05) is 23.0 Å². The summed E-state index contributed by atoms with van der Waals surface area (Å²) in [6.45, 7) is 2.36. The molecule has 1 aliphatic heterocycles. The normalized spacial score (nSPS) is 15.3. The Morgan fingerprint density at radius 3 is 2.40 bits per heavy atom. The molecule has 4 aromatic rings. The number of ether oxygens (including phenoxy) is 1. The Morgan fingerprint density at radius 2 is 1.77 bits per heavy atom. The Labute approximate surface area is 252 Å². The lowest BCUT2D eigenvalue weighted by Gasteiger charge is -2.32. The average molecular weight is 615 g/mol. The van der Waals surface area contributed by atoms with E-state index in [1.54, 1.807) is 24.4 Å². The molecule has 0 radical (unpaired) electrons. The van der Waals surface area contributed by atoms with Crippen LogP contribution in [-0.4, -0.2) is 40.6 Å². The number of hydrogen-bond donors (Lipinski definition) is 1. The summed E-state index contributed by atoms with van der Waals surface area (Å²) in [6.07, 6.45) is 3.06. The maximum absolute atomic E-state index is 13.6. The second-order valence-corrected chi connectivity index (χ2v) is 11.1. The number of alkyl halides is 3. The number of methoxy groups -OCH3 is 1. The molecule has 0 aliphatic carbocycles. The minimum absolute atomic E-state index is 0.117. The van der Waals surface area contributed by atoms with Crippen molar-refractivity contribution in [2.45, 2.75) is 38.0 Å². The summed E-state index contributed by atoms with van der Waals surface area (Å²) in [7, 11) is 1.47. The first-order valence-corrected chi connectivity index (χ1v) is 14.3. The monoisotopic (exact) mass is 614 g/mol. The van der Waals surface area contributed by atoms with Crippen LogP contribution in [0.25, 0.3) is 5.69 Å². The van der Waals surface area contributed by atoms with Gasteiger partial charge in [0.15, 0.2) is 0 Å². The number of carbonyl (C=O) groups excluding carboxylic acids is 1. The van der Waals surface area contributed by atoms with Gasteiger partial charge < -0.3 is 14.6 Å². The van der Waals surface area contributed by atoms with Gasteiger partial charge in [-0.25, -0.2) is 9.37 Å². The summed E-state index contributed by atoms with van der Waals surface area (Å²) in [5, 5.41) is 3.39. The molecule has 1 fully saturated rings. The molecular formula is C32H31ClF4N4O2. The number of likely N-dealkylation sites (tertiary alicyclic amines) is 1. The van der Waals surface area contributed by atoms with E-state index >= 15 is 0 Å². The number of piperidine rings is 1. The molecule has 6 nitrogen and oxygen atoms in total. The Kier molecular flexibility index (Phi) is 9.37. The molecule has 226 valence electrons. The van der Waals surface area contributed by atoms with Crippen molar-refractivity contribution >= 4 is 17.5 Å². The van der Waals surface area contributed by atoms with Crippen molar-refractivity contribution in [3.8, 4) is 11.6 Å². The van der Waals surface area contributed by atoms with E-state index in [-0.39, 0.29) is 23.5 Å². The van der Waals surface area contributed by atoms with Gasteiger partial charge in [0.2, 0.25) is 11.8 Å². The zero-order chi connectivity index (χ0) is 30.6. The first-order chi connectivity index (χ1) is 20.6. The topological polar surface area (TPSA) is 59.4 Å². The zero-order valence-corrected chi connectivity index (χ0v) is 24.2. The molecule has 1 atom stereocenters. The molecule has 1 aliphatic rings. The van der Waals surface area contributed by atoms with Crippen LogP contribution in [0.1, 0.15) is 47.6 Å². The lowest BCUT2D eigenvalue weighted by molar-refractivity contribution is -0.137. The average Bonchev–Trinajstić information content (AvgIpc) is 3.45. The van der Waals surface area contributed by atoms with E-state index in [0.29, 0.717) is 34.8 Å². The molecule has 0 spiro atoms. The predicted octanol–water partition coefficient (Wildman–Crippen LogP) is 7.20. The van der Waals surface area contributed by atoms with Crippen molar-refractivity contribution in [1.29, 1.82) is 0 Å². The largest absolute Gasteiger partial charge is 0.480 e. The van der Waals surface area contributed by atoms with Gasteiger partial charge in [0.05, 0.1) is 18.7 Å². The predicted molar refractivity (Wildman–Crippen MR) is 156 cm³/mol. The number of carbonyl (C=O) groups is 1. The highest BCUT2D eigenvalue weighted by Crippen LogP contribution is 2.31. The number of benzene rings is 2. The molecule has 0 bridgehead atoms. The van der Waals surface area contributed by atoms with Crippen LogP contribution in [0.2, 0.25) is 5.02 Å². The van der Waals surface area contributed by atoms with Gasteiger partial charge in [0.1, 0.15) is 10.8 Å². The lowest BCUT2D eigenvalue weighted by atomic mass is 9.92. The van der Waals surface area contributed by atoms with Crippen LogP contribution in [-0.2, 0) is 17.5 Å². The van der Waals surface area contributed by atoms with Gasteiger partial charge in [-0.1, -0.05) is 23.7 Å². The number of amides is 1. The first kappa shape index (κ1) is 30.6. The fourth-order valence-electron chi connectivity index (χ4n) is 5.37. The van der Waals surface area contributed by atoms with Crippen molar-refractivity contribution in [2.75, 3.05) is 20.2 Å². The molecule has 2 aromatic carbocycles. The highest BCUT2D eigenvalue weighted by atomic mass is 35.5. The zero-order valence-electron chi connectivity index (χ0n) is 23.5. The smallest absolute Gasteiger partial charge is 0.416 e. The van der Waals surface area contributed by atoms with E-state index in [4.69, 9.17) is 16.3 Å². The minimum atomic E-state index is -4.36. The van der Waals surface area contributed by atoms with E-state index < -0.39 is 17.8 Å². The lowest BCUT2D eigenvalue weighted by Crippen LogP contribution is -2.36. The summed E-state index contributed by atoms with van der Waals surface area (Å²) < 4.78 is 59.2. The Morgan fingerprint density at radius 1 is 1.07 bits per heavy atom. The molecule has 1 amide bonds. The third-order valence-corrected chi connectivity index (χ3v) is 7.97. The summed E-state index contributed by atoms with van der Waals surface area (Å²) in [5.74, 6) is -0.00655. The highest BCUT2D eigenvalue weighted by molar-refractivity contribution is 6.31. The van der Waals surface area contributed by atoms with Gasteiger partial charge in [0, 0.05) is 37.2 Å². The van der Waals surface area contributed by atoms with Crippen molar-refractivity contribution in [1.82, 2.24) is 19.8 Å². The van der Waals surface area contributed by atoms with E-state index in [9.17, 15) is 22.4 Å². The van der Waals surface area contributed by atoms with Crippen molar-refractivity contribution in [3.63, 3.8) is 0 Å². The van der Waals surface area contributed by atoms with Crippen LogP contribution in [0.3, 0.4) is 0 Å². The Hall–Kier alpha value is -3.89. The van der Waals surface area contributed by atoms with Crippen LogP contribution in [0.5, 0.6) is 5.88 Å². The van der Waals surface area contributed by atoms with Crippen LogP contribution in [0.15, 0.2) is 79.3 Å². The standard InChI is InChI=1S/C32H31ClF4N4O2/c1-43-31-28(33)17-24(18-38-31)30(23-2-6-26(34)7-3-23)39-29(42)16-21-10-13-40(14-11-21)19-22-12-15-41(20-22)27-8-4-25(5-9-27)32(35,36)37/h2-9,12,15,17-18,20-21,30H,10-11,13-14,16,19H2,1H3,(H,39,42). The quantitative estimate of drug-likeness (QED) is 0.203. The Bertz CT molecular complexity index is 1530. The van der Waals surface area contributed by atoms with Crippen LogP contribution >= 0.6 is 11.6 Å². The fraction of sp³-hybridized carbons (Fsp3) is 0.312. The SMILES string of the molecule is COc1ncc(C(NC(=O)CC2CCN(Cc3ccn(-c4ccc(C(F)(F)F)cc4)c3)CC2)c2ccc(F)cc2)cc1Cl. The molecule has 1 unspecified atom stereocenters. The molecule has 43 heavy (non-hydrogen) atoms. The van der Waals surface area contributed by atoms with Crippen LogP contribution in [0, 0.1) is 11.7 Å². The minimum Gasteiger partial charge on any atom is -0.480 e. The molecule has 1 saturated heterocycles. The molecule has 2 aromatic heterocycles. The number of nitrogens with zero attached hydrogens (tertiary/aromatic N) is 3. The van der Waals surface area contributed by atoms with Gasteiger partial charge >= 0.3 is 6.18 Å². The maximum atomic E-state index is 13.6. The van der Waals surface area contributed by atoms with Crippen LogP contribution in [0.4, 0.5) is 17.6 Å². The van der Waals surface area contributed by atoms with E-state index in [0.717, 1.165) is 43.6 Å². The summed E-state index contributed by atoms with van der Waals surface area (Å²) >= 11 is 6.30. The second kappa shape index (κ2) is 13.2. The van der Waals surface area contributed by atoms with Gasteiger partial charge in [-0.05, 0) is 97.1 Å². The molecule has 11 heteroatoms. The van der Waals surface area contributed by atoms with E-state index in [2.05, 4.69) is 15.2 Å². The molecule has 0 saturated carbocycles. The first-order valence-electron chi connectivity index (χ1n) is 13.9. The number of halogens is 5. The molecule has 3 heterocycles. The molecular weight excluding hydrogens is 584 g/mol. The molecule has 1 N–H and O–H groups in total. The summed E-state index contributed by atoms with van der Waals surface area (Å²) in [5.41, 5.74) is 2.41. The maximum Gasteiger partial charge on any atom is 0.416 e. The summed E-state index contributed by atoms with van der Waals surface area (Å²) in [6, 6.07) is 14.1. The van der Waals surface area contributed by atoms with Crippen molar-refractivity contribution < 1.29 is 27.1 Å². The number of pyridine rings is 1. The number of nitrogens with one attached hydrogen (secondary N) is 1. The van der Waals surface area contributed by atoms with Gasteiger partial charge in [0.25, 0.3) is 0 Å². The highest BCUT2D eigenvalue weighted by Gasteiger charge is 2.30. The van der Waals surface area contributed by atoms with Gasteiger partial charge in [-0.15, -0.1) is 0 Å². The van der Waals surface area contributed by atoms with Crippen molar-refractivity contribution in [3.05, 3.63) is 112 Å². The molecule has 5 rings (SSSR count). The number of hydrogen-bond acceptors (Lipinski definition) is 4. The fourth-order valence-corrected chi connectivity index (χ4v) is 5.62. The third kappa shape index (κ3) is 7.74. The van der Waals surface area contributed by atoms with Gasteiger partial charge in [-0.2, -0.15) is 13.2 Å². The second-order valence-electron chi connectivity index (χ2n) is 10.7. The number of aromatic nitrogens is 2. The third-order valence-electron chi connectivity index (χ3n) is 7.70. The summed E-state index contributed by atoms with van der Waals surface area (Å²) in [4.78, 5) is 19.7. The van der Waals surface area contributed by atoms with E-state index in [1.165, 1.54) is 31.4 Å². The van der Waals surface area contributed by atoms with Gasteiger partial charge in [-0.3, -0.25) is 9.69 Å².